The second-order valence-corrected chi connectivity index (χ2v) is 6.89. The van der Waals surface area contributed by atoms with Crippen LogP contribution in [-0.2, 0) is 16.6 Å². The number of cyclic esters (lactones) is 1. The average molecular weight is 386 g/mol. The largest absolute Gasteiger partial charge is 0.460 e. The minimum absolute atomic E-state index is 0.0370. The Morgan fingerprint density at radius 3 is 2.54 bits per heavy atom. The predicted molar refractivity (Wildman–Crippen MR) is 97.4 cm³/mol. The van der Waals surface area contributed by atoms with E-state index in [1.54, 1.807) is 28.2 Å². The lowest BCUT2D eigenvalue weighted by Crippen LogP contribution is -2.46. The molecule has 0 aliphatic carbocycles. The van der Waals surface area contributed by atoms with Gasteiger partial charge >= 0.3 is 12.1 Å². The molecule has 10 nitrogen and oxygen atoms in total. The second-order valence-electron chi connectivity index (χ2n) is 6.89. The maximum absolute atomic E-state index is 12.3. The summed E-state index contributed by atoms with van der Waals surface area (Å²) in [7, 11) is 1.86. The highest BCUT2D eigenvalue weighted by molar-refractivity contribution is 5.83. The van der Waals surface area contributed by atoms with Crippen molar-refractivity contribution >= 4 is 12.0 Å². The van der Waals surface area contributed by atoms with Crippen LogP contribution in [0.2, 0.25) is 0 Å². The number of amides is 2. The highest BCUT2D eigenvalue weighted by Crippen LogP contribution is 2.20. The van der Waals surface area contributed by atoms with Crippen LogP contribution in [0.5, 0.6) is 6.01 Å². The number of rotatable bonds is 5. The number of aryl methyl sites for hydroxylation is 1. The third-order valence-corrected chi connectivity index (χ3v) is 4.90. The van der Waals surface area contributed by atoms with Crippen LogP contribution in [0.3, 0.4) is 0 Å². The molecule has 0 saturated carbocycles. The summed E-state index contributed by atoms with van der Waals surface area (Å²) >= 11 is 0. The fraction of sp³-hybridized carbons (Fsp3) is 0.500. The van der Waals surface area contributed by atoms with Crippen molar-refractivity contribution in [2.45, 2.75) is 18.9 Å². The molecule has 2 fully saturated rings. The molecule has 2 aromatic rings. The fourth-order valence-electron chi connectivity index (χ4n) is 3.30. The third kappa shape index (κ3) is 4.05. The second kappa shape index (κ2) is 7.83. The Hall–Kier alpha value is -3.17. The summed E-state index contributed by atoms with van der Waals surface area (Å²) in [5.74, 6) is -0.0608. The number of piperidine rings is 1. The van der Waals surface area contributed by atoms with Gasteiger partial charge in [-0.25, -0.2) is 14.8 Å². The normalized spacial score (nSPS) is 17.7. The zero-order chi connectivity index (χ0) is 19.5. The van der Waals surface area contributed by atoms with Gasteiger partial charge in [-0.2, -0.15) is 5.10 Å². The van der Waals surface area contributed by atoms with Crippen LogP contribution >= 0.6 is 0 Å². The Morgan fingerprint density at radius 2 is 1.93 bits per heavy atom. The van der Waals surface area contributed by atoms with Gasteiger partial charge in [-0.1, -0.05) is 0 Å². The van der Waals surface area contributed by atoms with Gasteiger partial charge in [-0.15, -0.1) is 0 Å². The highest BCUT2D eigenvalue weighted by atomic mass is 16.6. The summed E-state index contributed by atoms with van der Waals surface area (Å²) in [5.41, 5.74) is 1.82. The molecule has 2 aliphatic rings. The van der Waals surface area contributed by atoms with Crippen LogP contribution in [0.25, 0.3) is 11.1 Å². The summed E-state index contributed by atoms with van der Waals surface area (Å²) in [5, 5.41) is 4.14. The zero-order valence-corrected chi connectivity index (χ0v) is 15.7. The molecule has 0 aromatic carbocycles. The van der Waals surface area contributed by atoms with Gasteiger partial charge in [0.1, 0.15) is 19.3 Å². The molecule has 0 spiro atoms. The molecule has 0 N–H and O–H groups in total. The number of ether oxygens (including phenoxy) is 2. The van der Waals surface area contributed by atoms with Crippen LogP contribution < -0.4 is 4.74 Å². The van der Waals surface area contributed by atoms with Crippen LogP contribution in [0.1, 0.15) is 12.8 Å². The van der Waals surface area contributed by atoms with E-state index in [0.29, 0.717) is 45.1 Å². The first-order chi connectivity index (χ1) is 13.6. The monoisotopic (exact) mass is 386 g/mol. The van der Waals surface area contributed by atoms with Crippen LogP contribution in [0.15, 0.2) is 24.8 Å². The molecule has 10 heteroatoms. The van der Waals surface area contributed by atoms with Gasteiger partial charge in [-0.05, 0) is 0 Å². The SMILES string of the molecule is Cn1cc(-c2cnc(OC3CCN(C(=O)CN4CCOC4=O)CC3)nc2)cn1. The predicted octanol–water partition coefficient (Wildman–Crippen LogP) is 0.699. The average Bonchev–Trinajstić information content (AvgIpc) is 3.31. The van der Waals surface area contributed by atoms with E-state index in [9.17, 15) is 9.59 Å². The Balaban J connectivity index is 1.26. The molecule has 2 saturated heterocycles. The summed E-state index contributed by atoms with van der Waals surface area (Å²) in [4.78, 5) is 35.6. The molecule has 0 bridgehead atoms. The van der Waals surface area contributed by atoms with E-state index in [0.717, 1.165) is 11.1 Å². The van der Waals surface area contributed by atoms with E-state index in [-0.39, 0.29) is 18.6 Å². The van der Waals surface area contributed by atoms with Crippen LogP contribution in [0.4, 0.5) is 4.79 Å². The van der Waals surface area contributed by atoms with Crippen molar-refractivity contribution in [2.75, 3.05) is 32.8 Å². The van der Waals surface area contributed by atoms with Gasteiger partial charge in [0.25, 0.3) is 0 Å². The van der Waals surface area contributed by atoms with Crippen molar-refractivity contribution in [3.05, 3.63) is 24.8 Å². The van der Waals surface area contributed by atoms with E-state index in [2.05, 4.69) is 15.1 Å². The molecular formula is C18H22N6O4. The first kappa shape index (κ1) is 18.2. The number of likely N-dealkylation sites (tertiary alicyclic amines) is 1. The lowest BCUT2D eigenvalue weighted by Gasteiger charge is -2.32. The first-order valence-electron chi connectivity index (χ1n) is 9.25. The molecule has 28 heavy (non-hydrogen) atoms. The Morgan fingerprint density at radius 1 is 1.18 bits per heavy atom. The fourth-order valence-corrected chi connectivity index (χ4v) is 3.30. The number of nitrogens with zero attached hydrogens (tertiary/aromatic N) is 6. The lowest BCUT2D eigenvalue weighted by molar-refractivity contribution is -0.133. The molecule has 2 amide bonds. The number of carbonyl (C=O) groups is 2. The van der Waals surface area contributed by atoms with E-state index in [4.69, 9.17) is 9.47 Å². The van der Waals surface area contributed by atoms with Gasteiger partial charge in [0.05, 0.1) is 12.7 Å². The van der Waals surface area contributed by atoms with E-state index < -0.39 is 6.09 Å². The summed E-state index contributed by atoms with van der Waals surface area (Å²) in [6, 6.07) is 0.331. The number of aromatic nitrogens is 4. The molecule has 0 radical (unpaired) electrons. The quantitative estimate of drug-likeness (QED) is 0.745. The highest BCUT2D eigenvalue weighted by Gasteiger charge is 2.29. The van der Waals surface area contributed by atoms with Crippen LogP contribution in [0, 0.1) is 0 Å². The summed E-state index contributed by atoms with van der Waals surface area (Å²) < 4.78 is 12.4. The van der Waals surface area contributed by atoms with Crippen molar-refractivity contribution in [3.8, 4) is 17.1 Å². The Bertz CT molecular complexity index is 844. The molecular weight excluding hydrogens is 364 g/mol. The van der Waals surface area contributed by atoms with Crippen molar-refractivity contribution in [2.24, 2.45) is 7.05 Å². The van der Waals surface area contributed by atoms with Gasteiger partial charge in [0.2, 0.25) is 5.91 Å². The third-order valence-electron chi connectivity index (χ3n) is 4.90. The number of hydrogen-bond donors (Lipinski definition) is 0. The van der Waals surface area contributed by atoms with Crippen molar-refractivity contribution in [1.82, 2.24) is 29.5 Å². The zero-order valence-electron chi connectivity index (χ0n) is 15.7. The maximum atomic E-state index is 12.3. The minimum atomic E-state index is -0.418. The van der Waals surface area contributed by atoms with E-state index >= 15 is 0 Å². The van der Waals surface area contributed by atoms with Gasteiger partial charge in [0, 0.05) is 62.7 Å². The van der Waals surface area contributed by atoms with E-state index in [1.807, 2.05) is 13.2 Å². The minimum Gasteiger partial charge on any atom is -0.460 e. The van der Waals surface area contributed by atoms with Gasteiger partial charge < -0.3 is 14.4 Å². The Kier molecular flexibility index (Phi) is 5.09. The maximum Gasteiger partial charge on any atom is 0.410 e. The lowest BCUT2D eigenvalue weighted by atomic mass is 10.1. The molecule has 0 unspecified atom stereocenters. The first-order valence-corrected chi connectivity index (χ1v) is 9.25. The summed E-state index contributed by atoms with van der Waals surface area (Å²) in [6.45, 7) is 2.06. The molecule has 2 aliphatic heterocycles. The standard InChI is InChI=1S/C18H22N6O4/c1-22-11-14(10-21-22)13-8-19-17(20-9-13)28-15-2-4-23(5-3-15)16(25)12-24-6-7-27-18(24)26/h8-11,15H,2-7,12H2,1H3. The molecule has 148 valence electrons. The molecule has 2 aromatic heterocycles. The number of carbonyl (C=O) groups excluding carboxylic acids is 2. The topological polar surface area (TPSA) is 103 Å². The van der Waals surface area contributed by atoms with Gasteiger partial charge in [0.15, 0.2) is 0 Å². The van der Waals surface area contributed by atoms with Crippen molar-refractivity contribution in [3.63, 3.8) is 0 Å². The molecule has 4 heterocycles. The van der Waals surface area contributed by atoms with Gasteiger partial charge in [-0.3, -0.25) is 14.4 Å². The van der Waals surface area contributed by atoms with E-state index in [1.165, 1.54) is 4.90 Å². The molecule has 0 atom stereocenters. The number of hydrogen-bond acceptors (Lipinski definition) is 7. The summed E-state index contributed by atoms with van der Waals surface area (Å²) in [6.07, 6.45) is 8.03. The Labute approximate surface area is 162 Å². The van der Waals surface area contributed by atoms with Crippen molar-refractivity contribution in [1.29, 1.82) is 0 Å². The smallest absolute Gasteiger partial charge is 0.410 e. The van der Waals surface area contributed by atoms with Crippen molar-refractivity contribution < 1.29 is 19.1 Å². The molecule has 4 rings (SSSR count). The van der Waals surface area contributed by atoms with Crippen LogP contribution in [-0.4, -0.2) is 80.4 Å².